The summed E-state index contributed by atoms with van der Waals surface area (Å²) in [6.45, 7) is 7.54. The highest BCUT2D eigenvalue weighted by atomic mass is 16.5. The standard InChI is InChI=1S/C20H31N3O2/c1-16-4-6-17(7-5-16)19(21(2)3)20(24)23-10-8-18(9-11-23)22-12-14-25-15-13-22/h4-7,18-19H,8-15H2,1-3H3/t19-/m1/s1. The van der Waals surface area contributed by atoms with Crippen LogP contribution in [0.2, 0.25) is 0 Å². The van der Waals surface area contributed by atoms with Crippen molar-refractivity contribution in [3.63, 3.8) is 0 Å². The van der Waals surface area contributed by atoms with Crippen LogP contribution in [0.3, 0.4) is 0 Å². The molecule has 2 aliphatic rings. The minimum Gasteiger partial charge on any atom is -0.379 e. The highest BCUT2D eigenvalue weighted by Gasteiger charge is 2.32. The number of nitrogens with zero attached hydrogens (tertiary/aromatic N) is 3. The molecule has 2 fully saturated rings. The third-order valence-electron chi connectivity index (χ3n) is 5.48. The maximum atomic E-state index is 13.2. The summed E-state index contributed by atoms with van der Waals surface area (Å²) >= 11 is 0. The predicted molar refractivity (Wildman–Crippen MR) is 99.6 cm³/mol. The first-order valence-corrected chi connectivity index (χ1v) is 9.40. The Kier molecular flexibility index (Phi) is 6.10. The van der Waals surface area contributed by atoms with Crippen molar-refractivity contribution in [3.05, 3.63) is 35.4 Å². The minimum atomic E-state index is -0.194. The molecule has 0 saturated carbocycles. The molecule has 1 aromatic carbocycles. The number of aryl methyl sites for hydroxylation is 1. The van der Waals surface area contributed by atoms with Gasteiger partial charge in [-0.1, -0.05) is 29.8 Å². The first-order valence-electron chi connectivity index (χ1n) is 9.40. The number of ether oxygens (including phenoxy) is 1. The molecule has 0 radical (unpaired) electrons. The molecule has 2 heterocycles. The van der Waals surface area contributed by atoms with E-state index in [1.165, 1.54) is 5.56 Å². The van der Waals surface area contributed by atoms with Crippen LogP contribution < -0.4 is 0 Å². The monoisotopic (exact) mass is 345 g/mol. The first kappa shape index (κ1) is 18.4. The van der Waals surface area contributed by atoms with E-state index in [9.17, 15) is 4.79 Å². The van der Waals surface area contributed by atoms with Gasteiger partial charge in [-0.2, -0.15) is 0 Å². The van der Waals surface area contributed by atoms with Crippen molar-refractivity contribution in [1.29, 1.82) is 0 Å². The summed E-state index contributed by atoms with van der Waals surface area (Å²) in [5.41, 5.74) is 2.30. The summed E-state index contributed by atoms with van der Waals surface area (Å²) in [4.78, 5) is 19.8. The fourth-order valence-electron chi connectivity index (χ4n) is 3.98. The van der Waals surface area contributed by atoms with Crippen molar-refractivity contribution >= 4 is 5.91 Å². The van der Waals surface area contributed by atoms with Gasteiger partial charge in [-0.15, -0.1) is 0 Å². The molecule has 1 amide bonds. The molecule has 0 unspecified atom stereocenters. The Balaban J connectivity index is 1.62. The van der Waals surface area contributed by atoms with E-state index in [1.54, 1.807) is 0 Å². The Bertz CT molecular complexity index is 559. The quantitative estimate of drug-likeness (QED) is 0.835. The lowest BCUT2D eigenvalue weighted by Crippen LogP contribution is -2.51. The third-order valence-corrected chi connectivity index (χ3v) is 5.48. The van der Waals surface area contributed by atoms with Gasteiger partial charge in [0.05, 0.1) is 13.2 Å². The molecule has 25 heavy (non-hydrogen) atoms. The highest BCUT2D eigenvalue weighted by Crippen LogP contribution is 2.25. The topological polar surface area (TPSA) is 36.0 Å². The van der Waals surface area contributed by atoms with Crippen LogP contribution in [0.4, 0.5) is 0 Å². The summed E-state index contributed by atoms with van der Waals surface area (Å²) in [5.74, 6) is 0.231. The number of benzene rings is 1. The van der Waals surface area contributed by atoms with Gasteiger partial charge < -0.3 is 9.64 Å². The fraction of sp³-hybridized carbons (Fsp3) is 0.650. The number of carbonyl (C=O) groups excluding carboxylic acids is 1. The second kappa shape index (κ2) is 8.30. The molecule has 5 nitrogen and oxygen atoms in total. The molecule has 0 spiro atoms. The summed E-state index contributed by atoms with van der Waals surface area (Å²) < 4.78 is 5.45. The average molecular weight is 345 g/mol. The second-order valence-corrected chi connectivity index (χ2v) is 7.48. The smallest absolute Gasteiger partial charge is 0.244 e. The van der Waals surface area contributed by atoms with Gasteiger partial charge in [-0.05, 0) is 39.4 Å². The number of amides is 1. The van der Waals surface area contributed by atoms with Crippen LogP contribution in [-0.4, -0.2) is 80.1 Å². The summed E-state index contributed by atoms with van der Waals surface area (Å²) in [7, 11) is 3.98. The molecular weight excluding hydrogens is 314 g/mol. The molecule has 0 aromatic heterocycles. The average Bonchev–Trinajstić information content (AvgIpc) is 2.64. The Morgan fingerprint density at radius 1 is 1.08 bits per heavy atom. The molecule has 138 valence electrons. The lowest BCUT2D eigenvalue weighted by molar-refractivity contribution is -0.138. The molecule has 3 rings (SSSR count). The molecule has 0 aliphatic carbocycles. The van der Waals surface area contributed by atoms with Crippen LogP contribution in [0.25, 0.3) is 0 Å². The van der Waals surface area contributed by atoms with E-state index in [0.717, 1.165) is 57.8 Å². The molecule has 1 aromatic rings. The first-order chi connectivity index (χ1) is 12.1. The van der Waals surface area contributed by atoms with Crippen molar-refractivity contribution < 1.29 is 9.53 Å². The zero-order valence-corrected chi connectivity index (χ0v) is 15.8. The van der Waals surface area contributed by atoms with Gasteiger partial charge in [-0.3, -0.25) is 14.6 Å². The van der Waals surface area contributed by atoms with Crippen LogP contribution in [0.15, 0.2) is 24.3 Å². The molecular formula is C20H31N3O2. The van der Waals surface area contributed by atoms with Crippen molar-refractivity contribution in [2.75, 3.05) is 53.5 Å². The SMILES string of the molecule is Cc1ccc([C@H](C(=O)N2CCC(N3CCOCC3)CC2)N(C)C)cc1. The Hall–Kier alpha value is -1.43. The maximum absolute atomic E-state index is 13.2. The number of morpholine rings is 1. The molecule has 0 N–H and O–H groups in total. The van der Waals surface area contributed by atoms with Crippen LogP contribution in [0.5, 0.6) is 0 Å². The zero-order valence-electron chi connectivity index (χ0n) is 15.8. The second-order valence-electron chi connectivity index (χ2n) is 7.48. The Labute approximate surface area is 151 Å². The van der Waals surface area contributed by atoms with Crippen LogP contribution >= 0.6 is 0 Å². The van der Waals surface area contributed by atoms with E-state index in [0.29, 0.717) is 6.04 Å². The van der Waals surface area contributed by atoms with E-state index in [4.69, 9.17) is 4.74 Å². The van der Waals surface area contributed by atoms with Gasteiger partial charge >= 0.3 is 0 Å². The fourth-order valence-corrected chi connectivity index (χ4v) is 3.98. The van der Waals surface area contributed by atoms with Crippen molar-refractivity contribution in [2.45, 2.75) is 31.8 Å². The summed E-state index contributed by atoms with van der Waals surface area (Å²) in [6, 6.07) is 8.75. The molecule has 2 saturated heterocycles. The molecule has 1 atom stereocenters. The van der Waals surface area contributed by atoms with E-state index in [2.05, 4.69) is 41.0 Å². The summed E-state index contributed by atoms with van der Waals surface area (Å²) in [5, 5.41) is 0. The normalized spacial score (nSPS) is 21.5. The minimum absolute atomic E-state index is 0.194. The number of hydrogen-bond donors (Lipinski definition) is 0. The predicted octanol–water partition coefficient (Wildman–Crippen LogP) is 1.92. The van der Waals surface area contributed by atoms with Crippen LogP contribution in [0, 0.1) is 6.92 Å². The third kappa shape index (κ3) is 4.40. The number of carbonyl (C=O) groups is 1. The van der Waals surface area contributed by atoms with Crippen molar-refractivity contribution in [3.8, 4) is 0 Å². The number of piperidine rings is 1. The molecule has 2 aliphatic heterocycles. The summed E-state index contributed by atoms with van der Waals surface area (Å²) in [6.07, 6.45) is 2.14. The number of likely N-dealkylation sites (tertiary alicyclic amines) is 1. The highest BCUT2D eigenvalue weighted by molar-refractivity contribution is 5.83. The van der Waals surface area contributed by atoms with Gasteiger partial charge in [0.1, 0.15) is 6.04 Å². The Morgan fingerprint density at radius 3 is 2.24 bits per heavy atom. The molecule has 5 heteroatoms. The lowest BCUT2D eigenvalue weighted by Gasteiger charge is -2.41. The van der Waals surface area contributed by atoms with Crippen molar-refractivity contribution in [2.24, 2.45) is 0 Å². The Morgan fingerprint density at radius 2 is 1.68 bits per heavy atom. The largest absolute Gasteiger partial charge is 0.379 e. The van der Waals surface area contributed by atoms with Gasteiger partial charge in [-0.25, -0.2) is 0 Å². The lowest BCUT2D eigenvalue weighted by atomic mass is 9.99. The van der Waals surface area contributed by atoms with Gasteiger partial charge in [0, 0.05) is 32.2 Å². The van der Waals surface area contributed by atoms with E-state index in [1.807, 2.05) is 19.0 Å². The van der Waals surface area contributed by atoms with E-state index >= 15 is 0 Å². The van der Waals surface area contributed by atoms with Gasteiger partial charge in [0.15, 0.2) is 0 Å². The van der Waals surface area contributed by atoms with Crippen LogP contribution in [-0.2, 0) is 9.53 Å². The number of hydrogen-bond acceptors (Lipinski definition) is 4. The maximum Gasteiger partial charge on any atom is 0.244 e. The van der Waals surface area contributed by atoms with Gasteiger partial charge in [0.2, 0.25) is 5.91 Å². The van der Waals surface area contributed by atoms with Crippen LogP contribution in [0.1, 0.15) is 30.0 Å². The zero-order chi connectivity index (χ0) is 17.8. The molecule has 0 bridgehead atoms. The van der Waals surface area contributed by atoms with Gasteiger partial charge in [0.25, 0.3) is 0 Å². The number of likely N-dealkylation sites (N-methyl/N-ethyl adjacent to an activating group) is 1. The van der Waals surface area contributed by atoms with E-state index in [-0.39, 0.29) is 11.9 Å². The van der Waals surface area contributed by atoms with E-state index < -0.39 is 0 Å². The number of rotatable bonds is 4. The van der Waals surface area contributed by atoms with Crippen molar-refractivity contribution in [1.82, 2.24) is 14.7 Å².